The Morgan fingerprint density at radius 2 is 2.11 bits per heavy atom. The standard InChI is InChI=1S/C12H21N5O/c1-5-14-11-15-7-6-9(17-11)16-8-12(2,3)10(18)13-4/h6-7H,5,8H2,1-4H3,(H,13,18)(H2,14,15,16,17). The van der Waals surface area contributed by atoms with Gasteiger partial charge in [0.1, 0.15) is 5.82 Å². The summed E-state index contributed by atoms with van der Waals surface area (Å²) in [6.07, 6.45) is 1.68. The molecule has 1 rings (SSSR count). The lowest BCUT2D eigenvalue weighted by atomic mass is 9.92. The molecule has 0 saturated carbocycles. The van der Waals surface area contributed by atoms with Crippen LogP contribution in [0.25, 0.3) is 0 Å². The summed E-state index contributed by atoms with van der Waals surface area (Å²) in [5.74, 6) is 1.29. The van der Waals surface area contributed by atoms with E-state index < -0.39 is 5.41 Å². The van der Waals surface area contributed by atoms with E-state index in [1.54, 1.807) is 19.3 Å². The van der Waals surface area contributed by atoms with Gasteiger partial charge in [0, 0.05) is 26.3 Å². The van der Waals surface area contributed by atoms with Crippen LogP contribution in [0.3, 0.4) is 0 Å². The van der Waals surface area contributed by atoms with Crippen LogP contribution in [0.4, 0.5) is 11.8 Å². The van der Waals surface area contributed by atoms with Crippen molar-refractivity contribution in [1.82, 2.24) is 15.3 Å². The molecule has 100 valence electrons. The van der Waals surface area contributed by atoms with E-state index in [0.29, 0.717) is 18.3 Å². The quantitative estimate of drug-likeness (QED) is 0.705. The van der Waals surface area contributed by atoms with E-state index in [4.69, 9.17) is 0 Å². The van der Waals surface area contributed by atoms with Crippen LogP contribution >= 0.6 is 0 Å². The minimum atomic E-state index is -0.488. The van der Waals surface area contributed by atoms with E-state index in [-0.39, 0.29) is 5.91 Å². The first-order valence-electron chi connectivity index (χ1n) is 6.02. The van der Waals surface area contributed by atoms with Crippen LogP contribution < -0.4 is 16.0 Å². The number of carbonyl (C=O) groups is 1. The van der Waals surface area contributed by atoms with E-state index in [9.17, 15) is 4.79 Å². The average Bonchev–Trinajstić information content (AvgIpc) is 2.36. The molecule has 1 aromatic rings. The molecule has 0 bridgehead atoms. The second-order valence-corrected chi connectivity index (χ2v) is 4.61. The Balaban J connectivity index is 2.63. The molecule has 0 aliphatic rings. The number of amides is 1. The number of nitrogens with zero attached hydrogens (tertiary/aromatic N) is 2. The Morgan fingerprint density at radius 1 is 1.39 bits per heavy atom. The fourth-order valence-corrected chi connectivity index (χ4v) is 1.43. The zero-order valence-corrected chi connectivity index (χ0v) is 11.4. The predicted octanol–water partition coefficient (Wildman–Crippen LogP) is 1.09. The zero-order valence-electron chi connectivity index (χ0n) is 11.4. The molecule has 1 heterocycles. The van der Waals surface area contributed by atoms with E-state index in [2.05, 4.69) is 25.9 Å². The summed E-state index contributed by atoms with van der Waals surface area (Å²) in [5, 5.41) is 8.83. The SMILES string of the molecule is CCNc1nccc(NCC(C)(C)C(=O)NC)n1. The average molecular weight is 251 g/mol. The highest BCUT2D eigenvalue weighted by atomic mass is 16.2. The van der Waals surface area contributed by atoms with Gasteiger partial charge < -0.3 is 16.0 Å². The molecule has 18 heavy (non-hydrogen) atoms. The minimum Gasteiger partial charge on any atom is -0.369 e. The number of anilines is 2. The topological polar surface area (TPSA) is 78.9 Å². The normalized spacial score (nSPS) is 10.9. The van der Waals surface area contributed by atoms with Crippen LogP contribution in [-0.4, -0.2) is 36.0 Å². The van der Waals surface area contributed by atoms with Crippen molar-refractivity contribution in [2.24, 2.45) is 5.41 Å². The Labute approximate surface area is 108 Å². The molecule has 0 spiro atoms. The van der Waals surface area contributed by atoms with Gasteiger partial charge in [0.25, 0.3) is 0 Å². The van der Waals surface area contributed by atoms with Crippen LogP contribution in [-0.2, 0) is 4.79 Å². The molecule has 0 saturated heterocycles. The monoisotopic (exact) mass is 251 g/mol. The van der Waals surface area contributed by atoms with E-state index >= 15 is 0 Å². The lowest BCUT2D eigenvalue weighted by Gasteiger charge is -2.23. The smallest absolute Gasteiger partial charge is 0.227 e. The summed E-state index contributed by atoms with van der Waals surface area (Å²) in [5.41, 5.74) is -0.488. The van der Waals surface area contributed by atoms with Gasteiger partial charge in [-0.25, -0.2) is 4.98 Å². The van der Waals surface area contributed by atoms with Crippen molar-refractivity contribution < 1.29 is 4.79 Å². The number of hydrogen-bond acceptors (Lipinski definition) is 5. The highest BCUT2D eigenvalue weighted by Crippen LogP contribution is 2.16. The van der Waals surface area contributed by atoms with Crippen LogP contribution in [0.2, 0.25) is 0 Å². The Bertz CT molecular complexity index is 405. The summed E-state index contributed by atoms with van der Waals surface area (Å²) < 4.78 is 0. The minimum absolute atomic E-state index is 0.00374. The molecule has 0 aromatic carbocycles. The molecular weight excluding hydrogens is 230 g/mol. The lowest BCUT2D eigenvalue weighted by molar-refractivity contribution is -0.128. The number of aromatic nitrogens is 2. The molecule has 0 unspecified atom stereocenters. The Morgan fingerprint density at radius 3 is 2.72 bits per heavy atom. The van der Waals surface area contributed by atoms with Crippen molar-refractivity contribution in [3.63, 3.8) is 0 Å². The third-order valence-corrected chi connectivity index (χ3v) is 2.54. The fraction of sp³-hybridized carbons (Fsp3) is 0.583. The number of carbonyl (C=O) groups excluding carboxylic acids is 1. The predicted molar refractivity (Wildman–Crippen MR) is 72.5 cm³/mol. The zero-order chi connectivity index (χ0) is 13.6. The second kappa shape index (κ2) is 6.18. The third kappa shape index (κ3) is 3.87. The number of nitrogens with one attached hydrogen (secondary N) is 3. The summed E-state index contributed by atoms with van der Waals surface area (Å²) in [4.78, 5) is 20.0. The van der Waals surface area contributed by atoms with Gasteiger partial charge in [0.15, 0.2) is 0 Å². The number of rotatable bonds is 6. The largest absolute Gasteiger partial charge is 0.369 e. The molecule has 0 aliphatic carbocycles. The van der Waals surface area contributed by atoms with Gasteiger partial charge in [0.2, 0.25) is 11.9 Å². The lowest BCUT2D eigenvalue weighted by Crippen LogP contribution is -2.39. The van der Waals surface area contributed by atoms with Crippen LogP contribution in [0, 0.1) is 5.41 Å². The number of hydrogen-bond donors (Lipinski definition) is 3. The molecule has 0 aliphatic heterocycles. The molecule has 3 N–H and O–H groups in total. The van der Waals surface area contributed by atoms with Crippen molar-refractivity contribution in [3.8, 4) is 0 Å². The molecule has 6 heteroatoms. The Kier molecular flexibility index (Phi) is 4.88. The van der Waals surface area contributed by atoms with Gasteiger partial charge in [-0.2, -0.15) is 4.98 Å². The van der Waals surface area contributed by atoms with Gasteiger partial charge in [-0.05, 0) is 26.8 Å². The highest BCUT2D eigenvalue weighted by molar-refractivity contribution is 5.82. The summed E-state index contributed by atoms with van der Waals surface area (Å²) >= 11 is 0. The molecular formula is C12H21N5O. The van der Waals surface area contributed by atoms with E-state index in [1.807, 2.05) is 20.8 Å². The van der Waals surface area contributed by atoms with E-state index in [0.717, 1.165) is 6.54 Å². The van der Waals surface area contributed by atoms with Crippen LogP contribution in [0.15, 0.2) is 12.3 Å². The first-order chi connectivity index (χ1) is 8.49. The van der Waals surface area contributed by atoms with Crippen molar-refractivity contribution in [2.75, 3.05) is 30.8 Å². The second-order valence-electron chi connectivity index (χ2n) is 4.61. The van der Waals surface area contributed by atoms with E-state index in [1.165, 1.54) is 0 Å². The van der Waals surface area contributed by atoms with Gasteiger partial charge in [-0.3, -0.25) is 4.79 Å². The maximum Gasteiger partial charge on any atom is 0.227 e. The first-order valence-corrected chi connectivity index (χ1v) is 6.02. The van der Waals surface area contributed by atoms with Crippen LogP contribution in [0.5, 0.6) is 0 Å². The van der Waals surface area contributed by atoms with Crippen molar-refractivity contribution in [2.45, 2.75) is 20.8 Å². The van der Waals surface area contributed by atoms with Gasteiger partial charge in [-0.15, -0.1) is 0 Å². The summed E-state index contributed by atoms with van der Waals surface area (Å²) in [6, 6.07) is 1.78. The third-order valence-electron chi connectivity index (χ3n) is 2.54. The van der Waals surface area contributed by atoms with Crippen LogP contribution in [0.1, 0.15) is 20.8 Å². The summed E-state index contributed by atoms with van der Waals surface area (Å²) in [6.45, 7) is 7.02. The van der Waals surface area contributed by atoms with Crippen molar-refractivity contribution in [1.29, 1.82) is 0 Å². The maximum atomic E-state index is 11.6. The van der Waals surface area contributed by atoms with Crippen molar-refractivity contribution in [3.05, 3.63) is 12.3 Å². The molecule has 1 amide bonds. The van der Waals surface area contributed by atoms with Gasteiger partial charge in [0.05, 0.1) is 5.41 Å². The Hall–Kier alpha value is -1.85. The molecule has 0 radical (unpaired) electrons. The van der Waals surface area contributed by atoms with Gasteiger partial charge >= 0.3 is 0 Å². The fourth-order valence-electron chi connectivity index (χ4n) is 1.43. The first kappa shape index (κ1) is 14.2. The molecule has 0 atom stereocenters. The van der Waals surface area contributed by atoms with Gasteiger partial charge in [-0.1, -0.05) is 0 Å². The highest BCUT2D eigenvalue weighted by Gasteiger charge is 2.26. The molecule has 6 nitrogen and oxygen atoms in total. The molecule has 0 fully saturated rings. The van der Waals surface area contributed by atoms with Crippen molar-refractivity contribution >= 4 is 17.7 Å². The summed E-state index contributed by atoms with van der Waals surface area (Å²) in [7, 11) is 1.64. The maximum absolute atomic E-state index is 11.6. The molecule has 1 aromatic heterocycles.